The summed E-state index contributed by atoms with van der Waals surface area (Å²) in [5.74, 6) is 1.39. The normalized spacial score (nSPS) is 10.4. The first kappa shape index (κ1) is 14.8. The van der Waals surface area contributed by atoms with E-state index in [1.165, 1.54) is 6.07 Å². The van der Waals surface area contributed by atoms with E-state index in [9.17, 15) is 4.79 Å². The molecule has 0 aliphatic carbocycles. The fraction of sp³-hybridized carbons (Fsp3) is 0.111. The Labute approximate surface area is 133 Å². The Morgan fingerprint density at radius 1 is 1.04 bits per heavy atom. The predicted molar refractivity (Wildman–Crippen MR) is 90.3 cm³/mol. The summed E-state index contributed by atoms with van der Waals surface area (Å²) >= 11 is 0. The van der Waals surface area contributed by atoms with Gasteiger partial charge in [0.1, 0.15) is 11.6 Å². The number of hydrogen-bond acceptors (Lipinski definition) is 4. The average Bonchev–Trinajstić information content (AvgIpc) is 2.56. The van der Waals surface area contributed by atoms with E-state index < -0.39 is 0 Å². The van der Waals surface area contributed by atoms with Gasteiger partial charge in [-0.05, 0) is 24.3 Å². The molecular formula is C18H17N3O2. The number of nitrogens with two attached hydrogens (primary N) is 1. The summed E-state index contributed by atoms with van der Waals surface area (Å²) in [6.45, 7) is 0.443. The van der Waals surface area contributed by atoms with E-state index in [1.54, 1.807) is 12.1 Å². The zero-order valence-corrected chi connectivity index (χ0v) is 12.5. The van der Waals surface area contributed by atoms with Crippen LogP contribution < -0.4 is 16.0 Å². The van der Waals surface area contributed by atoms with Crippen LogP contribution in [0.3, 0.4) is 0 Å². The molecule has 5 nitrogen and oxygen atoms in total. The quantitative estimate of drug-likeness (QED) is 0.710. The Morgan fingerprint density at radius 3 is 2.52 bits per heavy atom. The number of benzene rings is 2. The van der Waals surface area contributed by atoms with Gasteiger partial charge in [-0.25, -0.2) is 4.98 Å². The van der Waals surface area contributed by atoms with Crippen molar-refractivity contribution in [3.05, 3.63) is 76.8 Å². The summed E-state index contributed by atoms with van der Waals surface area (Å²) in [4.78, 5) is 19.1. The molecule has 3 rings (SSSR count). The van der Waals surface area contributed by atoms with Crippen molar-refractivity contribution in [3.63, 3.8) is 0 Å². The van der Waals surface area contributed by atoms with Crippen LogP contribution in [0.1, 0.15) is 5.82 Å². The summed E-state index contributed by atoms with van der Waals surface area (Å²) in [6, 6.07) is 18.3. The van der Waals surface area contributed by atoms with Gasteiger partial charge >= 0.3 is 0 Å². The van der Waals surface area contributed by atoms with E-state index >= 15 is 0 Å². The molecule has 0 fully saturated rings. The Bertz CT molecular complexity index is 827. The lowest BCUT2D eigenvalue weighted by atomic mass is 10.1. The minimum Gasteiger partial charge on any atom is -0.493 e. The Balaban J connectivity index is 1.73. The molecule has 0 aliphatic rings. The van der Waals surface area contributed by atoms with E-state index in [-0.39, 0.29) is 5.56 Å². The fourth-order valence-electron chi connectivity index (χ4n) is 2.21. The number of rotatable bonds is 5. The lowest BCUT2D eigenvalue weighted by molar-refractivity contribution is 0.319. The van der Waals surface area contributed by atoms with E-state index in [0.29, 0.717) is 30.2 Å². The zero-order chi connectivity index (χ0) is 16.1. The molecule has 1 aromatic heterocycles. The minimum atomic E-state index is -0.179. The molecule has 0 atom stereocenters. The highest BCUT2D eigenvalue weighted by Gasteiger charge is 2.05. The second-order valence-corrected chi connectivity index (χ2v) is 5.11. The van der Waals surface area contributed by atoms with Crippen LogP contribution in [0.25, 0.3) is 11.3 Å². The van der Waals surface area contributed by atoms with Crippen molar-refractivity contribution in [2.45, 2.75) is 6.42 Å². The third-order valence-corrected chi connectivity index (χ3v) is 3.35. The lowest BCUT2D eigenvalue weighted by Crippen LogP contribution is -2.13. The average molecular weight is 307 g/mol. The molecule has 0 saturated carbocycles. The summed E-state index contributed by atoms with van der Waals surface area (Å²) < 4.78 is 5.63. The predicted octanol–water partition coefficient (Wildman–Crippen LogP) is 2.64. The van der Waals surface area contributed by atoms with E-state index in [0.717, 1.165) is 11.3 Å². The van der Waals surface area contributed by atoms with Gasteiger partial charge in [0, 0.05) is 23.7 Å². The van der Waals surface area contributed by atoms with Crippen molar-refractivity contribution in [2.75, 3.05) is 12.3 Å². The second kappa shape index (κ2) is 6.79. The second-order valence-electron chi connectivity index (χ2n) is 5.11. The first-order valence-electron chi connectivity index (χ1n) is 7.35. The summed E-state index contributed by atoms with van der Waals surface area (Å²) in [6.07, 6.45) is 0.521. The number of nitrogens with one attached hydrogen (secondary N) is 1. The number of nitrogen functional groups attached to an aromatic ring is 1. The van der Waals surface area contributed by atoms with Gasteiger partial charge in [-0.2, -0.15) is 0 Å². The minimum absolute atomic E-state index is 0.179. The van der Waals surface area contributed by atoms with Crippen molar-refractivity contribution in [1.82, 2.24) is 9.97 Å². The summed E-state index contributed by atoms with van der Waals surface area (Å²) in [7, 11) is 0. The van der Waals surface area contributed by atoms with Gasteiger partial charge in [0.15, 0.2) is 0 Å². The van der Waals surface area contributed by atoms with Crippen LogP contribution >= 0.6 is 0 Å². The van der Waals surface area contributed by atoms with Gasteiger partial charge in [0.2, 0.25) is 0 Å². The van der Waals surface area contributed by atoms with E-state index in [2.05, 4.69) is 9.97 Å². The highest BCUT2D eigenvalue weighted by Crippen LogP contribution is 2.17. The lowest BCUT2D eigenvalue weighted by Gasteiger charge is -2.07. The molecule has 23 heavy (non-hydrogen) atoms. The number of anilines is 1. The monoisotopic (exact) mass is 307 g/mol. The molecule has 0 unspecified atom stereocenters. The smallest absolute Gasteiger partial charge is 0.251 e. The highest BCUT2D eigenvalue weighted by molar-refractivity contribution is 5.61. The number of para-hydroxylation sites is 1. The van der Waals surface area contributed by atoms with Crippen LogP contribution in [0.15, 0.2) is 65.5 Å². The number of hydrogen-bond donors (Lipinski definition) is 2. The van der Waals surface area contributed by atoms with Crippen LogP contribution in [0.5, 0.6) is 5.75 Å². The topological polar surface area (TPSA) is 81.0 Å². The fourth-order valence-corrected chi connectivity index (χ4v) is 2.21. The molecule has 116 valence electrons. The Morgan fingerprint density at radius 2 is 1.78 bits per heavy atom. The van der Waals surface area contributed by atoms with Crippen LogP contribution in [0, 0.1) is 0 Å². The van der Waals surface area contributed by atoms with E-state index in [4.69, 9.17) is 10.5 Å². The van der Waals surface area contributed by atoms with Crippen LogP contribution in [-0.2, 0) is 6.42 Å². The van der Waals surface area contributed by atoms with Gasteiger partial charge in [0.25, 0.3) is 5.56 Å². The number of ether oxygens (including phenoxy) is 1. The molecule has 3 N–H and O–H groups in total. The van der Waals surface area contributed by atoms with Gasteiger partial charge in [0.05, 0.1) is 12.3 Å². The maximum Gasteiger partial charge on any atom is 0.251 e. The third-order valence-electron chi connectivity index (χ3n) is 3.35. The van der Waals surface area contributed by atoms with Crippen molar-refractivity contribution >= 4 is 5.69 Å². The SMILES string of the molecule is Nc1ccc(-c2cc(=O)[nH]c(CCOc3ccccc3)n2)cc1. The van der Waals surface area contributed by atoms with Gasteiger partial charge in [-0.1, -0.05) is 30.3 Å². The molecule has 0 aliphatic heterocycles. The Hall–Kier alpha value is -3.08. The molecular weight excluding hydrogens is 290 g/mol. The molecule has 0 radical (unpaired) electrons. The number of nitrogens with zero attached hydrogens (tertiary/aromatic N) is 1. The van der Waals surface area contributed by atoms with Gasteiger partial charge in [-0.15, -0.1) is 0 Å². The molecule has 0 amide bonds. The first-order valence-corrected chi connectivity index (χ1v) is 7.35. The largest absolute Gasteiger partial charge is 0.493 e. The molecule has 0 spiro atoms. The van der Waals surface area contributed by atoms with Crippen LogP contribution in [-0.4, -0.2) is 16.6 Å². The Kier molecular flexibility index (Phi) is 4.38. The summed E-state index contributed by atoms with van der Waals surface area (Å²) in [5.41, 5.74) is 7.66. The van der Waals surface area contributed by atoms with Gasteiger partial charge < -0.3 is 15.5 Å². The summed E-state index contributed by atoms with van der Waals surface area (Å²) in [5, 5.41) is 0. The third kappa shape index (κ3) is 3.97. The molecule has 1 heterocycles. The van der Waals surface area contributed by atoms with Crippen molar-refractivity contribution in [2.24, 2.45) is 0 Å². The van der Waals surface area contributed by atoms with Crippen LogP contribution in [0.4, 0.5) is 5.69 Å². The van der Waals surface area contributed by atoms with E-state index in [1.807, 2.05) is 42.5 Å². The van der Waals surface area contributed by atoms with Crippen molar-refractivity contribution in [3.8, 4) is 17.0 Å². The highest BCUT2D eigenvalue weighted by atomic mass is 16.5. The number of aromatic nitrogens is 2. The molecule has 3 aromatic rings. The van der Waals surface area contributed by atoms with Crippen LogP contribution in [0.2, 0.25) is 0 Å². The van der Waals surface area contributed by atoms with Gasteiger partial charge in [-0.3, -0.25) is 4.79 Å². The maximum absolute atomic E-state index is 11.8. The first-order chi connectivity index (χ1) is 11.2. The number of aromatic amines is 1. The molecule has 0 saturated heterocycles. The standard InChI is InChI=1S/C18H17N3O2/c19-14-8-6-13(7-9-14)16-12-18(22)21-17(20-16)10-11-23-15-4-2-1-3-5-15/h1-9,12H,10-11,19H2,(H,20,21,22). The molecule has 2 aromatic carbocycles. The number of H-pyrrole nitrogens is 1. The van der Waals surface area contributed by atoms with Crippen molar-refractivity contribution < 1.29 is 4.74 Å². The van der Waals surface area contributed by atoms with Crippen molar-refractivity contribution in [1.29, 1.82) is 0 Å². The molecule has 5 heteroatoms. The zero-order valence-electron chi connectivity index (χ0n) is 12.5. The maximum atomic E-state index is 11.8. The molecule has 0 bridgehead atoms.